The van der Waals surface area contributed by atoms with E-state index in [9.17, 15) is 22.8 Å². The Balaban J connectivity index is 1.73. The SMILES string of the molecule is NC(=O)C1=CN(c2cccc(C(F)(F)F)c2)CC(C(N)=O)(C2C[C@H]2c2ccccc2)C1. The molecule has 2 aliphatic rings. The van der Waals surface area contributed by atoms with Crippen molar-refractivity contribution in [1.82, 2.24) is 0 Å². The molecule has 0 radical (unpaired) electrons. The zero-order valence-corrected chi connectivity index (χ0v) is 16.6. The van der Waals surface area contributed by atoms with Crippen LogP contribution in [0.4, 0.5) is 18.9 Å². The standard InChI is InChI=1S/C23H22F3N3O2/c24-23(25,26)16-7-4-8-17(9-16)29-12-15(20(27)30)11-22(13-29,21(28)31)19-10-18(19)14-5-2-1-3-6-14/h1-9,12,18-19H,10-11,13H2,(H2,27,30)(H2,28,31)/t18-,19?,22?/m0/s1. The zero-order valence-electron chi connectivity index (χ0n) is 16.6. The van der Waals surface area contributed by atoms with Gasteiger partial charge >= 0.3 is 6.18 Å². The molecular formula is C23H22F3N3O2. The smallest absolute Gasteiger partial charge is 0.369 e. The summed E-state index contributed by atoms with van der Waals surface area (Å²) in [5.41, 5.74) is 10.9. The van der Waals surface area contributed by atoms with Gasteiger partial charge in [0.2, 0.25) is 11.8 Å². The lowest BCUT2D eigenvalue weighted by molar-refractivity contribution is -0.137. The Morgan fingerprint density at radius 2 is 1.74 bits per heavy atom. The number of nitrogens with zero attached hydrogens (tertiary/aromatic N) is 1. The highest BCUT2D eigenvalue weighted by Crippen LogP contribution is 2.60. The van der Waals surface area contributed by atoms with Gasteiger partial charge in [-0.15, -0.1) is 0 Å². The largest absolute Gasteiger partial charge is 0.416 e. The van der Waals surface area contributed by atoms with Crippen LogP contribution in [0.15, 0.2) is 66.4 Å². The van der Waals surface area contributed by atoms with Crippen LogP contribution in [0.5, 0.6) is 0 Å². The first-order valence-electron chi connectivity index (χ1n) is 9.91. The first-order chi connectivity index (χ1) is 14.6. The minimum Gasteiger partial charge on any atom is -0.369 e. The van der Waals surface area contributed by atoms with Crippen LogP contribution in [-0.4, -0.2) is 18.4 Å². The Hall–Kier alpha value is -3.29. The highest BCUT2D eigenvalue weighted by atomic mass is 19.4. The van der Waals surface area contributed by atoms with E-state index < -0.39 is 29.0 Å². The number of nitrogens with two attached hydrogens (primary N) is 2. The number of hydrogen-bond donors (Lipinski definition) is 2. The normalized spacial score (nSPS) is 25.6. The molecule has 31 heavy (non-hydrogen) atoms. The van der Waals surface area contributed by atoms with Crippen molar-refractivity contribution in [1.29, 1.82) is 0 Å². The lowest BCUT2D eigenvalue weighted by atomic mass is 9.72. The second kappa shape index (κ2) is 7.44. The minimum absolute atomic E-state index is 0.0706. The van der Waals surface area contributed by atoms with Crippen molar-refractivity contribution in [3.8, 4) is 0 Å². The molecule has 162 valence electrons. The molecule has 0 saturated heterocycles. The van der Waals surface area contributed by atoms with E-state index >= 15 is 0 Å². The zero-order chi connectivity index (χ0) is 22.4. The van der Waals surface area contributed by atoms with Gasteiger partial charge in [-0.3, -0.25) is 9.59 Å². The maximum absolute atomic E-state index is 13.2. The lowest BCUT2D eigenvalue weighted by Gasteiger charge is -2.41. The fourth-order valence-corrected chi connectivity index (χ4v) is 4.63. The summed E-state index contributed by atoms with van der Waals surface area (Å²) in [5.74, 6) is -1.35. The highest BCUT2D eigenvalue weighted by molar-refractivity contribution is 5.95. The van der Waals surface area contributed by atoms with Crippen molar-refractivity contribution >= 4 is 17.5 Å². The molecule has 1 saturated carbocycles. The summed E-state index contributed by atoms with van der Waals surface area (Å²) in [7, 11) is 0. The van der Waals surface area contributed by atoms with Gasteiger partial charge in [-0.2, -0.15) is 13.2 Å². The van der Waals surface area contributed by atoms with Crippen LogP contribution in [0.25, 0.3) is 0 Å². The molecule has 1 heterocycles. The van der Waals surface area contributed by atoms with E-state index in [4.69, 9.17) is 11.5 Å². The average molecular weight is 429 g/mol. The molecule has 4 rings (SSSR count). The van der Waals surface area contributed by atoms with Crippen LogP contribution in [0.3, 0.4) is 0 Å². The Bertz CT molecular complexity index is 1050. The van der Waals surface area contributed by atoms with E-state index in [1.807, 2.05) is 30.3 Å². The molecule has 2 aromatic rings. The summed E-state index contributed by atoms with van der Waals surface area (Å²) in [6.07, 6.45) is -2.31. The fourth-order valence-electron chi connectivity index (χ4n) is 4.63. The number of carbonyl (C=O) groups is 2. The first kappa shape index (κ1) is 21.0. The van der Waals surface area contributed by atoms with Crippen LogP contribution >= 0.6 is 0 Å². The molecule has 1 fully saturated rings. The summed E-state index contributed by atoms with van der Waals surface area (Å²) in [6.45, 7) is 0.0778. The summed E-state index contributed by atoms with van der Waals surface area (Å²) in [4.78, 5) is 26.3. The Morgan fingerprint density at radius 3 is 2.35 bits per heavy atom. The predicted molar refractivity (Wildman–Crippen MR) is 110 cm³/mol. The number of hydrogen-bond acceptors (Lipinski definition) is 3. The van der Waals surface area contributed by atoms with Gasteiger partial charge in [0.05, 0.1) is 11.0 Å². The number of anilines is 1. The third-order valence-electron chi connectivity index (χ3n) is 6.31. The second-order valence-electron chi connectivity index (χ2n) is 8.25. The average Bonchev–Trinajstić information content (AvgIpc) is 3.55. The van der Waals surface area contributed by atoms with E-state index in [1.165, 1.54) is 23.2 Å². The molecule has 1 aliphatic carbocycles. The van der Waals surface area contributed by atoms with Gasteiger partial charge < -0.3 is 16.4 Å². The van der Waals surface area contributed by atoms with Gasteiger partial charge in [-0.25, -0.2) is 0 Å². The summed E-state index contributed by atoms with van der Waals surface area (Å²) in [6, 6.07) is 14.4. The van der Waals surface area contributed by atoms with Crippen molar-refractivity contribution in [3.63, 3.8) is 0 Å². The number of halogens is 3. The molecular weight excluding hydrogens is 407 g/mol. The van der Waals surface area contributed by atoms with Crippen LogP contribution < -0.4 is 16.4 Å². The quantitative estimate of drug-likeness (QED) is 0.762. The maximum atomic E-state index is 13.2. The lowest BCUT2D eigenvalue weighted by Crippen LogP contribution is -2.51. The van der Waals surface area contributed by atoms with E-state index in [-0.39, 0.29) is 36.1 Å². The van der Waals surface area contributed by atoms with E-state index in [2.05, 4.69) is 0 Å². The van der Waals surface area contributed by atoms with Crippen molar-refractivity contribution < 1.29 is 22.8 Å². The molecule has 2 aromatic carbocycles. The number of amides is 2. The van der Waals surface area contributed by atoms with Gasteiger partial charge in [0.25, 0.3) is 0 Å². The molecule has 4 N–H and O–H groups in total. The van der Waals surface area contributed by atoms with E-state index in [1.54, 1.807) is 0 Å². The molecule has 0 bridgehead atoms. The van der Waals surface area contributed by atoms with Gasteiger partial charge in [-0.1, -0.05) is 36.4 Å². The Kier molecular flexibility index (Phi) is 5.03. The van der Waals surface area contributed by atoms with Crippen LogP contribution in [0.1, 0.15) is 29.9 Å². The molecule has 2 unspecified atom stereocenters. The fraction of sp³-hybridized carbons (Fsp3) is 0.304. The molecule has 3 atom stereocenters. The maximum Gasteiger partial charge on any atom is 0.416 e. The summed E-state index contributed by atoms with van der Waals surface area (Å²) < 4.78 is 39.6. The molecule has 0 spiro atoms. The highest BCUT2D eigenvalue weighted by Gasteiger charge is 2.58. The van der Waals surface area contributed by atoms with Gasteiger partial charge in [0, 0.05) is 24.0 Å². The number of alkyl halides is 3. The topological polar surface area (TPSA) is 89.4 Å². The number of rotatable bonds is 5. The molecule has 5 nitrogen and oxygen atoms in total. The molecule has 1 aliphatic heterocycles. The van der Waals surface area contributed by atoms with Crippen molar-refractivity contribution in [2.24, 2.45) is 22.8 Å². The van der Waals surface area contributed by atoms with Crippen LogP contribution in [0.2, 0.25) is 0 Å². The van der Waals surface area contributed by atoms with Crippen LogP contribution in [-0.2, 0) is 15.8 Å². The van der Waals surface area contributed by atoms with Crippen molar-refractivity contribution in [2.45, 2.75) is 24.9 Å². The number of primary amides is 2. The minimum atomic E-state index is -4.52. The van der Waals surface area contributed by atoms with Crippen molar-refractivity contribution in [3.05, 3.63) is 77.5 Å². The predicted octanol–water partition coefficient (Wildman–Crippen LogP) is 3.56. The number of carbonyl (C=O) groups excluding carboxylic acids is 2. The Labute approximate surface area is 177 Å². The van der Waals surface area contributed by atoms with Gasteiger partial charge in [0.1, 0.15) is 0 Å². The van der Waals surface area contributed by atoms with Gasteiger partial charge in [0.15, 0.2) is 0 Å². The summed E-state index contributed by atoms with van der Waals surface area (Å²) in [5, 5.41) is 0. The Morgan fingerprint density at radius 1 is 1.03 bits per heavy atom. The second-order valence-corrected chi connectivity index (χ2v) is 8.25. The monoisotopic (exact) mass is 429 g/mol. The van der Waals surface area contributed by atoms with Crippen LogP contribution in [0, 0.1) is 11.3 Å². The van der Waals surface area contributed by atoms with Gasteiger partial charge in [-0.05, 0) is 48.4 Å². The molecule has 8 heteroatoms. The van der Waals surface area contributed by atoms with E-state index in [0.717, 1.165) is 17.7 Å². The first-order valence-corrected chi connectivity index (χ1v) is 9.91. The molecule has 2 amide bonds. The number of benzene rings is 2. The van der Waals surface area contributed by atoms with E-state index in [0.29, 0.717) is 6.42 Å². The third kappa shape index (κ3) is 3.89. The summed E-state index contributed by atoms with van der Waals surface area (Å²) >= 11 is 0. The third-order valence-corrected chi connectivity index (χ3v) is 6.31. The van der Waals surface area contributed by atoms with Crippen molar-refractivity contribution in [2.75, 3.05) is 11.4 Å². The molecule has 0 aromatic heterocycles.